The van der Waals surface area contributed by atoms with Crippen LogP contribution < -0.4 is 4.72 Å². The van der Waals surface area contributed by atoms with Crippen molar-refractivity contribution in [1.82, 2.24) is 19.8 Å². The third kappa shape index (κ3) is 4.18. The van der Waals surface area contributed by atoms with Crippen LogP contribution in [0.5, 0.6) is 0 Å². The molecule has 0 aromatic carbocycles. The number of aryl methyl sites for hydroxylation is 1. The van der Waals surface area contributed by atoms with Crippen molar-refractivity contribution in [3.8, 4) is 0 Å². The van der Waals surface area contributed by atoms with Gasteiger partial charge in [-0.25, -0.2) is 13.1 Å². The standard InChI is InChI=1S/C18H30N4O4S/c1-5-27(24,25)21-15-8-14-10-22(16(23)7-6-12(2)3)11-18(14,9-15)17-19-13(4)20-26-17/h12,14-15,21H,5-11H2,1-4H3. The molecule has 0 spiro atoms. The predicted octanol–water partition coefficient (Wildman–Crippen LogP) is 1.61. The van der Waals surface area contributed by atoms with Gasteiger partial charge in [0.15, 0.2) is 5.82 Å². The number of nitrogens with one attached hydrogen (secondary N) is 1. The fraction of sp³-hybridized carbons (Fsp3) is 0.833. The highest BCUT2D eigenvalue weighted by molar-refractivity contribution is 7.89. The molecule has 8 nitrogen and oxygen atoms in total. The molecule has 3 unspecified atom stereocenters. The van der Waals surface area contributed by atoms with Crippen LogP contribution in [-0.4, -0.2) is 54.2 Å². The smallest absolute Gasteiger partial charge is 0.235 e. The third-order valence-electron chi connectivity index (χ3n) is 5.84. The van der Waals surface area contributed by atoms with Gasteiger partial charge in [0.1, 0.15) is 0 Å². The fourth-order valence-corrected chi connectivity index (χ4v) is 5.24. The van der Waals surface area contributed by atoms with E-state index in [9.17, 15) is 13.2 Å². The highest BCUT2D eigenvalue weighted by Gasteiger charge is 2.58. The van der Waals surface area contributed by atoms with Crippen LogP contribution in [0.1, 0.15) is 58.2 Å². The number of amides is 1. The van der Waals surface area contributed by atoms with E-state index in [-0.39, 0.29) is 23.6 Å². The van der Waals surface area contributed by atoms with Gasteiger partial charge in [0, 0.05) is 25.6 Å². The van der Waals surface area contributed by atoms with E-state index in [4.69, 9.17) is 4.52 Å². The Morgan fingerprint density at radius 1 is 1.44 bits per heavy atom. The summed E-state index contributed by atoms with van der Waals surface area (Å²) in [5.74, 6) is 1.89. The van der Waals surface area contributed by atoms with Crippen LogP contribution in [0.2, 0.25) is 0 Å². The van der Waals surface area contributed by atoms with Crippen LogP contribution in [-0.2, 0) is 20.2 Å². The Labute approximate surface area is 161 Å². The lowest BCUT2D eigenvalue weighted by Crippen LogP contribution is -2.39. The van der Waals surface area contributed by atoms with Crippen molar-refractivity contribution >= 4 is 15.9 Å². The van der Waals surface area contributed by atoms with E-state index in [1.807, 2.05) is 4.90 Å². The maximum atomic E-state index is 12.7. The second-order valence-corrected chi connectivity index (χ2v) is 10.4. The predicted molar refractivity (Wildman–Crippen MR) is 100 cm³/mol. The highest BCUT2D eigenvalue weighted by Crippen LogP contribution is 2.50. The molecule has 1 N–H and O–H groups in total. The molecule has 0 bridgehead atoms. The molecule has 152 valence electrons. The van der Waals surface area contributed by atoms with E-state index < -0.39 is 15.4 Å². The minimum Gasteiger partial charge on any atom is -0.341 e. The van der Waals surface area contributed by atoms with E-state index >= 15 is 0 Å². The van der Waals surface area contributed by atoms with Crippen LogP contribution >= 0.6 is 0 Å². The molecule has 1 aromatic rings. The third-order valence-corrected chi connectivity index (χ3v) is 7.30. The molecule has 9 heteroatoms. The molecule has 1 aromatic heterocycles. The maximum absolute atomic E-state index is 12.7. The Hall–Kier alpha value is -1.48. The van der Waals surface area contributed by atoms with Crippen molar-refractivity contribution < 1.29 is 17.7 Å². The second-order valence-electron chi connectivity index (χ2n) is 8.36. The van der Waals surface area contributed by atoms with Crippen LogP contribution in [0, 0.1) is 18.8 Å². The Balaban J connectivity index is 1.80. The minimum atomic E-state index is -3.28. The number of rotatable bonds is 7. The Kier molecular flexibility index (Phi) is 5.63. The summed E-state index contributed by atoms with van der Waals surface area (Å²) in [5.41, 5.74) is -0.463. The van der Waals surface area contributed by atoms with Crippen molar-refractivity contribution in [3.05, 3.63) is 11.7 Å². The summed E-state index contributed by atoms with van der Waals surface area (Å²) >= 11 is 0. The molecule has 1 saturated carbocycles. The lowest BCUT2D eigenvalue weighted by atomic mass is 9.80. The number of nitrogens with zero attached hydrogens (tertiary/aromatic N) is 3. The zero-order chi connectivity index (χ0) is 19.8. The molecule has 2 heterocycles. The monoisotopic (exact) mass is 398 g/mol. The van der Waals surface area contributed by atoms with Crippen molar-refractivity contribution in [2.75, 3.05) is 18.8 Å². The zero-order valence-corrected chi connectivity index (χ0v) is 17.4. The van der Waals surface area contributed by atoms with Gasteiger partial charge in [0.25, 0.3) is 0 Å². The molecule has 1 aliphatic heterocycles. The summed E-state index contributed by atoms with van der Waals surface area (Å²) < 4.78 is 32.3. The van der Waals surface area contributed by atoms with E-state index in [1.165, 1.54) is 0 Å². The number of carbonyl (C=O) groups is 1. The average Bonchev–Trinajstić information content (AvgIpc) is 3.24. The Bertz CT molecular complexity index is 791. The average molecular weight is 399 g/mol. The SMILES string of the molecule is CCS(=O)(=O)NC1CC2CN(C(=O)CCC(C)C)CC2(c2nc(C)no2)C1. The van der Waals surface area contributed by atoms with Gasteiger partial charge >= 0.3 is 0 Å². The molecule has 1 amide bonds. The Morgan fingerprint density at radius 3 is 2.78 bits per heavy atom. The zero-order valence-electron chi connectivity index (χ0n) is 16.6. The number of sulfonamides is 1. The van der Waals surface area contributed by atoms with Gasteiger partial charge in [-0.05, 0) is 44.9 Å². The van der Waals surface area contributed by atoms with Gasteiger partial charge in [0.05, 0.1) is 11.2 Å². The number of carbonyl (C=O) groups excluding carboxylic acids is 1. The molecular weight excluding hydrogens is 368 g/mol. The van der Waals surface area contributed by atoms with Crippen LogP contribution in [0.3, 0.4) is 0 Å². The van der Waals surface area contributed by atoms with Crippen molar-refractivity contribution in [2.45, 2.75) is 64.8 Å². The maximum Gasteiger partial charge on any atom is 0.235 e. The topological polar surface area (TPSA) is 105 Å². The van der Waals surface area contributed by atoms with Gasteiger partial charge in [0.2, 0.25) is 21.8 Å². The molecule has 1 saturated heterocycles. The summed E-state index contributed by atoms with van der Waals surface area (Å²) in [6.07, 6.45) is 2.65. The number of aromatic nitrogens is 2. The molecule has 2 aliphatic rings. The molecule has 3 rings (SSSR count). The molecule has 2 fully saturated rings. The van der Waals surface area contributed by atoms with Crippen molar-refractivity contribution in [3.63, 3.8) is 0 Å². The van der Waals surface area contributed by atoms with Gasteiger partial charge in [-0.15, -0.1) is 0 Å². The van der Waals surface area contributed by atoms with E-state index in [0.29, 0.717) is 50.0 Å². The second kappa shape index (κ2) is 7.50. The van der Waals surface area contributed by atoms with E-state index in [1.54, 1.807) is 13.8 Å². The lowest BCUT2D eigenvalue weighted by molar-refractivity contribution is -0.130. The van der Waals surface area contributed by atoms with E-state index in [2.05, 4.69) is 28.7 Å². The van der Waals surface area contributed by atoms with Gasteiger partial charge < -0.3 is 9.42 Å². The van der Waals surface area contributed by atoms with Crippen LogP contribution in [0.15, 0.2) is 4.52 Å². The molecule has 27 heavy (non-hydrogen) atoms. The van der Waals surface area contributed by atoms with E-state index in [0.717, 1.165) is 6.42 Å². The first kappa shape index (κ1) is 20.3. The normalized spacial score (nSPS) is 28.1. The molecular formula is C18H30N4O4S. The van der Waals surface area contributed by atoms with Crippen molar-refractivity contribution in [1.29, 1.82) is 0 Å². The van der Waals surface area contributed by atoms with Gasteiger partial charge in [-0.3, -0.25) is 4.79 Å². The quantitative estimate of drug-likeness (QED) is 0.748. The number of likely N-dealkylation sites (tertiary alicyclic amines) is 1. The summed E-state index contributed by atoms with van der Waals surface area (Å²) in [5, 5.41) is 3.93. The summed E-state index contributed by atoms with van der Waals surface area (Å²) in [6.45, 7) is 8.75. The fourth-order valence-electron chi connectivity index (χ4n) is 4.39. The number of hydrogen-bond acceptors (Lipinski definition) is 6. The molecule has 1 aliphatic carbocycles. The first-order chi connectivity index (χ1) is 12.6. The molecule has 0 radical (unpaired) electrons. The first-order valence-electron chi connectivity index (χ1n) is 9.73. The number of hydrogen-bond donors (Lipinski definition) is 1. The highest BCUT2D eigenvalue weighted by atomic mass is 32.2. The summed E-state index contributed by atoms with van der Waals surface area (Å²) in [4.78, 5) is 19.0. The van der Waals surface area contributed by atoms with Gasteiger partial charge in [-0.2, -0.15) is 4.98 Å². The Morgan fingerprint density at radius 2 is 2.19 bits per heavy atom. The van der Waals surface area contributed by atoms with Gasteiger partial charge in [-0.1, -0.05) is 19.0 Å². The lowest BCUT2D eigenvalue weighted by Gasteiger charge is -2.25. The van der Waals surface area contributed by atoms with Crippen LogP contribution in [0.25, 0.3) is 0 Å². The first-order valence-corrected chi connectivity index (χ1v) is 11.4. The number of fused-ring (bicyclic) bond motifs is 1. The molecule has 3 atom stereocenters. The van der Waals surface area contributed by atoms with Crippen LogP contribution in [0.4, 0.5) is 0 Å². The largest absolute Gasteiger partial charge is 0.341 e. The van der Waals surface area contributed by atoms with Crippen molar-refractivity contribution in [2.24, 2.45) is 11.8 Å². The summed E-state index contributed by atoms with van der Waals surface area (Å²) in [6, 6.07) is -0.167. The minimum absolute atomic E-state index is 0.0562. The summed E-state index contributed by atoms with van der Waals surface area (Å²) in [7, 11) is -3.28.